The Morgan fingerprint density at radius 1 is 0.478 bits per heavy atom. The van der Waals surface area contributed by atoms with Gasteiger partial charge in [-0.3, -0.25) is 0 Å². The molecule has 0 atom stereocenters. The number of esters is 1. The maximum Gasteiger partial charge on any atom is 0.330 e. The van der Waals surface area contributed by atoms with E-state index in [0.717, 1.165) is 19.3 Å². The molecule has 0 saturated carbocycles. The summed E-state index contributed by atoms with van der Waals surface area (Å²) in [5.74, 6) is -1.14. The van der Waals surface area contributed by atoms with Crippen LogP contribution < -0.4 is 0 Å². The summed E-state index contributed by atoms with van der Waals surface area (Å²) in [5.41, 5.74) is 0.357. The van der Waals surface area contributed by atoms with Crippen LogP contribution in [-0.2, 0) is 14.3 Å². The molecular weight excluding hydrogens is 568 g/mol. The van der Waals surface area contributed by atoms with Gasteiger partial charge in [-0.25, -0.2) is 9.59 Å². The second-order valence-electron chi connectivity index (χ2n) is 13.6. The lowest BCUT2D eigenvalue weighted by atomic mass is 10.0. The maximum atomic E-state index is 10.8. The number of aliphatic carboxylic acids is 1. The first-order valence-electron chi connectivity index (χ1n) is 20.2. The first kappa shape index (κ1) is 46.5. The van der Waals surface area contributed by atoms with Gasteiger partial charge in [0.05, 0.1) is 6.61 Å². The number of ether oxygens (including phenoxy) is 1. The molecule has 0 aliphatic rings. The quantitative estimate of drug-likeness (QED) is 0.0417. The highest BCUT2D eigenvalue weighted by Crippen LogP contribution is 2.16. The summed E-state index contributed by atoms with van der Waals surface area (Å²) >= 11 is 0. The molecule has 0 fully saturated rings. The van der Waals surface area contributed by atoms with Gasteiger partial charge in [-0.05, 0) is 19.3 Å². The molecule has 272 valence electrons. The SMILES string of the molecule is C=C(CCCCCCCCCCCCCCCCCC)C(=O)O.C=CC(=O)OCCCCCCCCCCCCCCCCCC. The zero-order valence-corrected chi connectivity index (χ0v) is 31.2. The summed E-state index contributed by atoms with van der Waals surface area (Å²) < 4.78 is 4.95. The van der Waals surface area contributed by atoms with Crippen LogP contribution in [0.2, 0.25) is 0 Å². The van der Waals surface area contributed by atoms with Crippen LogP contribution in [-0.4, -0.2) is 23.7 Å². The number of hydrogen-bond acceptors (Lipinski definition) is 3. The molecule has 0 spiro atoms. The predicted octanol–water partition coefficient (Wildman–Crippen LogP) is 14.3. The van der Waals surface area contributed by atoms with Gasteiger partial charge in [-0.2, -0.15) is 0 Å². The molecule has 0 aliphatic heterocycles. The zero-order valence-electron chi connectivity index (χ0n) is 31.2. The Morgan fingerprint density at radius 3 is 1.00 bits per heavy atom. The Labute approximate surface area is 288 Å². The van der Waals surface area contributed by atoms with Crippen molar-refractivity contribution >= 4 is 11.9 Å². The van der Waals surface area contributed by atoms with E-state index < -0.39 is 5.97 Å². The predicted molar refractivity (Wildman–Crippen MR) is 202 cm³/mol. The largest absolute Gasteiger partial charge is 0.478 e. The summed E-state index contributed by atoms with van der Waals surface area (Å²) in [6, 6.07) is 0. The van der Waals surface area contributed by atoms with E-state index in [9.17, 15) is 9.59 Å². The Morgan fingerprint density at radius 2 is 0.739 bits per heavy atom. The standard InChI is InChI=1S/2C21H40O2/c1-3-4-5-6-7-8-9-10-11-12-13-14-15-16-17-18-19-20(2)21(22)23;1-3-5-6-7-8-9-10-11-12-13-14-15-16-17-18-19-20-23-21(22)4-2/h2-19H2,1H3,(H,22,23);4H,2-3,5-20H2,1H3. The second-order valence-corrected chi connectivity index (χ2v) is 13.6. The van der Waals surface area contributed by atoms with Crippen molar-refractivity contribution in [2.75, 3.05) is 6.61 Å². The second kappa shape index (κ2) is 41.4. The van der Waals surface area contributed by atoms with Crippen LogP contribution >= 0.6 is 0 Å². The van der Waals surface area contributed by atoms with E-state index in [0.29, 0.717) is 18.6 Å². The van der Waals surface area contributed by atoms with Crippen LogP contribution in [0, 0.1) is 0 Å². The third-order valence-electron chi connectivity index (χ3n) is 9.04. The first-order chi connectivity index (χ1) is 22.5. The van der Waals surface area contributed by atoms with Crippen molar-refractivity contribution < 1.29 is 19.4 Å². The number of carbonyl (C=O) groups excluding carboxylic acids is 1. The van der Waals surface area contributed by atoms with Crippen molar-refractivity contribution in [3.05, 3.63) is 24.8 Å². The minimum atomic E-state index is -0.842. The van der Waals surface area contributed by atoms with Gasteiger partial charge in [-0.1, -0.05) is 220 Å². The third-order valence-corrected chi connectivity index (χ3v) is 9.04. The average Bonchev–Trinajstić information content (AvgIpc) is 3.05. The Bertz CT molecular complexity index is 654. The van der Waals surface area contributed by atoms with E-state index in [-0.39, 0.29) is 5.97 Å². The molecule has 0 aromatic carbocycles. The monoisotopic (exact) mass is 649 g/mol. The molecule has 0 heterocycles. The molecule has 4 heteroatoms. The number of unbranched alkanes of at least 4 members (excludes halogenated alkanes) is 30. The molecule has 0 radical (unpaired) electrons. The smallest absolute Gasteiger partial charge is 0.330 e. The van der Waals surface area contributed by atoms with Crippen LogP contribution in [0.4, 0.5) is 0 Å². The van der Waals surface area contributed by atoms with Gasteiger partial charge in [0.15, 0.2) is 0 Å². The fourth-order valence-electron chi connectivity index (χ4n) is 5.88. The topological polar surface area (TPSA) is 63.6 Å². The molecule has 46 heavy (non-hydrogen) atoms. The van der Waals surface area contributed by atoms with Gasteiger partial charge in [-0.15, -0.1) is 0 Å². The average molecular weight is 649 g/mol. The van der Waals surface area contributed by atoms with Crippen molar-refractivity contribution in [3.8, 4) is 0 Å². The minimum Gasteiger partial charge on any atom is -0.478 e. The van der Waals surface area contributed by atoms with Crippen molar-refractivity contribution in [2.24, 2.45) is 0 Å². The Balaban J connectivity index is 0. The van der Waals surface area contributed by atoms with Gasteiger partial charge >= 0.3 is 11.9 Å². The molecule has 0 aliphatic carbocycles. The lowest BCUT2D eigenvalue weighted by Crippen LogP contribution is -2.01. The molecular formula is C42H80O4. The van der Waals surface area contributed by atoms with E-state index in [1.807, 2.05) is 0 Å². The lowest BCUT2D eigenvalue weighted by molar-refractivity contribution is -0.138. The van der Waals surface area contributed by atoms with Crippen molar-refractivity contribution in [1.82, 2.24) is 0 Å². The first-order valence-corrected chi connectivity index (χ1v) is 20.2. The van der Waals surface area contributed by atoms with Crippen LogP contribution in [0.15, 0.2) is 24.8 Å². The van der Waals surface area contributed by atoms with Crippen molar-refractivity contribution in [2.45, 2.75) is 226 Å². The van der Waals surface area contributed by atoms with E-state index in [4.69, 9.17) is 9.84 Å². The van der Waals surface area contributed by atoms with Gasteiger partial charge in [0.2, 0.25) is 0 Å². The van der Waals surface area contributed by atoms with E-state index in [2.05, 4.69) is 27.0 Å². The number of rotatable bonds is 36. The molecule has 0 saturated heterocycles. The van der Waals surface area contributed by atoms with E-state index in [1.54, 1.807) is 0 Å². The van der Waals surface area contributed by atoms with Crippen molar-refractivity contribution in [3.63, 3.8) is 0 Å². The highest BCUT2D eigenvalue weighted by molar-refractivity contribution is 5.85. The number of carbonyl (C=O) groups is 2. The van der Waals surface area contributed by atoms with Crippen LogP contribution in [0.3, 0.4) is 0 Å². The summed E-state index contributed by atoms with van der Waals surface area (Å²) in [6.45, 7) is 12.0. The molecule has 0 aromatic heterocycles. The van der Waals surface area contributed by atoms with Crippen LogP contribution in [0.5, 0.6) is 0 Å². The minimum absolute atomic E-state index is 0.300. The van der Waals surface area contributed by atoms with Crippen LogP contribution in [0.1, 0.15) is 226 Å². The Hall–Kier alpha value is -1.58. The number of hydrogen-bond donors (Lipinski definition) is 1. The fraction of sp³-hybridized carbons (Fsp3) is 0.857. The summed E-state index contributed by atoms with van der Waals surface area (Å²) in [5, 5.41) is 8.71. The summed E-state index contributed by atoms with van der Waals surface area (Å²) in [6.07, 6.45) is 45.2. The summed E-state index contributed by atoms with van der Waals surface area (Å²) in [7, 11) is 0. The maximum absolute atomic E-state index is 10.8. The van der Waals surface area contributed by atoms with Gasteiger partial charge in [0.25, 0.3) is 0 Å². The third kappa shape index (κ3) is 42.4. The van der Waals surface area contributed by atoms with Crippen LogP contribution in [0.25, 0.3) is 0 Å². The number of carboxylic acids is 1. The summed E-state index contributed by atoms with van der Waals surface area (Å²) in [4.78, 5) is 21.4. The zero-order chi connectivity index (χ0) is 34.2. The van der Waals surface area contributed by atoms with Gasteiger partial charge in [0.1, 0.15) is 0 Å². The van der Waals surface area contributed by atoms with E-state index >= 15 is 0 Å². The normalized spacial score (nSPS) is 10.7. The molecule has 0 aromatic rings. The molecule has 0 unspecified atom stereocenters. The number of carboxylic acid groups (broad SMARTS) is 1. The Kier molecular flexibility index (Phi) is 41.9. The lowest BCUT2D eigenvalue weighted by Gasteiger charge is -2.04. The molecule has 0 bridgehead atoms. The van der Waals surface area contributed by atoms with E-state index in [1.165, 1.54) is 192 Å². The molecule has 0 amide bonds. The molecule has 4 nitrogen and oxygen atoms in total. The highest BCUT2D eigenvalue weighted by atomic mass is 16.5. The molecule has 1 N–H and O–H groups in total. The highest BCUT2D eigenvalue weighted by Gasteiger charge is 2.02. The van der Waals surface area contributed by atoms with Gasteiger partial charge < -0.3 is 9.84 Å². The van der Waals surface area contributed by atoms with Crippen molar-refractivity contribution in [1.29, 1.82) is 0 Å². The fourth-order valence-corrected chi connectivity index (χ4v) is 5.88. The molecule has 0 rings (SSSR count). The van der Waals surface area contributed by atoms with Gasteiger partial charge in [0, 0.05) is 11.6 Å².